The summed E-state index contributed by atoms with van der Waals surface area (Å²) in [5.74, 6) is -0.159. The van der Waals surface area contributed by atoms with E-state index >= 15 is 0 Å². The van der Waals surface area contributed by atoms with Gasteiger partial charge < -0.3 is 9.47 Å². The lowest BCUT2D eigenvalue weighted by molar-refractivity contribution is -0.155. The van der Waals surface area contributed by atoms with Crippen LogP contribution >= 0.6 is 0 Å². The van der Waals surface area contributed by atoms with E-state index in [4.69, 9.17) is 9.47 Å². The molecular formula is C12H24O3. The van der Waals surface area contributed by atoms with Gasteiger partial charge in [0, 0.05) is 0 Å². The second kappa shape index (κ2) is 6.11. The molecule has 0 heterocycles. The third-order valence-electron chi connectivity index (χ3n) is 2.03. The van der Waals surface area contributed by atoms with Crippen molar-refractivity contribution in [2.75, 3.05) is 6.61 Å². The summed E-state index contributed by atoms with van der Waals surface area (Å²) < 4.78 is 10.8. The van der Waals surface area contributed by atoms with Crippen molar-refractivity contribution >= 4 is 5.97 Å². The van der Waals surface area contributed by atoms with Crippen LogP contribution in [0.4, 0.5) is 0 Å². The third kappa shape index (κ3) is 7.37. The molecule has 0 aromatic carbocycles. The van der Waals surface area contributed by atoms with Crippen molar-refractivity contribution in [2.24, 2.45) is 5.92 Å². The summed E-state index contributed by atoms with van der Waals surface area (Å²) in [6.07, 6.45) is 0.755. The lowest BCUT2D eigenvalue weighted by atomic mass is 10.1. The largest absolute Gasteiger partial charge is 0.463 e. The Labute approximate surface area is 93.1 Å². The quantitative estimate of drug-likeness (QED) is 0.663. The third-order valence-corrected chi connectivity index (χ3v) is 2.03. The van der Waals surface area contributed by atoms with E-state index in [2.05, 4.69) is 0 Å². The topological polar surface area (TPSA) is 35.5 Å². The molecule has 15 heavy (non-hydrogen) atoms. The first kappa shape index (κ1) is 14.4. The number of hydrogen-bond donors (Lipinski definition) is 0. The van der Waals surface area contributed by atoms with Gasteiger partial charge in [0.25, 0.3) is 0 Å². The van der Waals surface area contributed by atoms with E-state index in [0.717, 1.165) is 6.42 Å². The Morgan fingerprint density at radius 3 is 2.20 bits per heavy atom. The normalized spacial score (nSPS) is 15.9. The molecule has 0 aliphatic carbocycles. The fourth-order valence-corrected chi connectivity index (χ4v) is 1.15. The highest BCUT2D eigenvalue weighted by molar-refractivity contribution is 5.71. The van der Waals surface area contributed by atoms with Crippen molar-refractivity contribution < 1.29 is 14.3 Å². The average molecular weight is 216 g/mol. The average Bonchev–Trinajstić information content (AvgIpc) is 2.10. The number of hydrogen-bond acceptors (Lipinski definition) is 3. The van der Waals surface area contributed by atoms with E-state index in [1.807, 2.05) is 41.5 Å². The lowest BCUT2D eigenvalue weighted by Crippen LogP contribution is -2.30. The molecule has 0 aromatic heterocycles. The summed E-state index contributed by atoms with van der Waals surface area (Å²) in [5.41, 5.74) is -0.192. The van der Waals surface area contributed by atoms with Gasteiger partial charge in [-0.05, 0) is 34.1 Å². The Kier molecular flexibility index (Phi) is 5.88. The molecule has 0 aliphatic rings. The maximum Gasteiger partial charge on any atom is 0.308 e. The van der Waals surface area contributed by atoms with Gasteiger partial charge in [-0.2, -0.15) is 0 Å². The molecule has 3 nitrogen and oxygen atoms in total. The number of carbonyl (C=O) groups excluding carboxylic acids is 1. The van der Waals surface area contributed by atoms with Crippen LogP contribution in [0.2, 0.25) is 0 Å². The molecule has 0 aromatic rings. The zero-order chi connectivity index (χ0) is 12.1. The number of carbonyl (C=O) groups is 1. The number of esters is 1. The number of ether oxygens (including phenoxy) is 2. The van der Waals surface area contributed by atoms with Gasteiger partial charge in [0.2, 0.25) is 0 Å². The van der Waals surface area contributed by atoms with Crippen LogP contribution in [0.1, 0.15) is 48.0 Å². The monoisotopic (exact) mass is 216 g/mol. The standard InChI is InChI=1S/C12H24O3/c1-7-9(2)11(13)14-8-10(3)15-12(4,5)6/h9-10H,7-8H2,1-6H3. The van der Waals surface area contributed by atoms with E-state index < -0.39 is 0 Å². The summed E-state index contributed by atoms with van der Waals surface area (Å²) in [6, 6.07) is 0. The SMILES string of the molecule is CCC(C)C(=O)OCC(C)OC(C)(C)C. The van der Waals surface area contributed by atoms with E-state index in [1.165, 1.54) is 0 Å². The molecular weight excluding hydrogens is 192 g/mol. The Bertz CT molecular complexity index is 194. The zero-order valence-corrected chi connectivity index (χ0v) is 10.8. The van der Waals surface area contributed by atoms with Crippen LogP contribution in [-0.4, -0.2) is 24.3 Å². The van der Waals surface area contributed by atoms with Gasteiger partial charge in [-0.3, -0.25) is 4.79 Å². The fraction of sp³-hybridized carbons (Fsp3) is 0.917. The maximum absolute atomic E-state index is 11.4. The molecule has 0 aliphatic heterocycles. The van der Waals surface area contributed by atoms with Gasteiger partial charge in [-0.15, -0.1) is 0 Å². The maximum atomic E-state index is 11.4. The van der Waals surface area contributed by atoms with Crippen molar-refractivity contribution in [2.45, 2.75) is 59.7 Å². The minimum atomic E-state index is -0.192. The van der Waals surface area contributed by atoms with Gasteiger partial charge >= 0.3 is 5.97 Å². The molecule has 90 valence electrons. The Balaban J connectivity index is 3.81. The van der Waals surface area contributed by atoms with Crippen LogP contribution in [0.25, 0.3) is 0 Å². The van der Waals surface area contributed by atoms with Gasteiger partial charge in [0.15, 0.2) is 0 Å². The number of rotatable bonds is 5. The summed E-state index contributed by atoms with van der Waals surface area (Å²) in [6.45, 7) is 12.0. The van der Waals surface area contributed by atoms with E-state index in [9.17, 15) is 4.79 Å². The molecule has 0 saturated carbocycles. The van der Waals surface area contributed by atoms with Crippen LogP contribution in [0, 0.1) is 5.92 Å². The van der Waals surface area contributed by atoms with E-state index in [0.29, 0.717) is 6.61 Å². The molecule has 2 atom stereocenters. The summed E-state index contributed by atoms with van der Waals surface area (Å²) in [7, 11) is 0. The molecule has 0 bridgehead atoms. The Morgan fingerprint density at radius 1 is 1.27 bits per heavy atom. The summed E-state index contributed by atoms with van der Waals surface area (Å²) in [5, 5.41) is 0. The minimum Gasteiger partial charge on any atom is -0.463 e. The van der Waals surface area contributed by atoms with Crippen LogP contribution in [0.3, 0.4) is 0 Å². The fourth-order valence-electron chi connectivity index (χ4n) is 1.15. The van der Waals surface area contributed by atoms with E-state index in [-0.39, 0.29) is 23.6 Å². The minimum absolute atomic E-state index is 0.0214. The molecule has 0 fully saturated rings. The highest BCUT2D eigenvalue weighted by Crippen LogP contribution is 2.11. The van der Waals surface area contributed by atoms with Gasteiger partial charge in [0.1, 0.15) is 6.61 Å². The predicted octanol–water partition coefficient (Wildman–Crippen LogP) is 2.78. The highest BCUT2D eigenvalue weighted by atomic mass is 16.6. The smallest absolute Gasteiger partial charge is 0.308 e. The lowest BCUT2D eigenvalue weighted by Gasteiger charge is -2.25. The molecule has 0 radical (unpaired) electrons. The van der Waals surface area contributed by atoms with Crippen molar-refractivity contribution in [3.8, 4) is 0 Å². The highest BCUT2D eigenvalue weighted by Gasteiger charge is 2.18. The first-order chi connectivity index (χ1) is 6.76. The molecule has 2 unspecified atom stereocenters. The van der Waals surface area contributed by atoms with Crippen molar-refractivity contribution in [1.29, 1.82) is 0 Å². The second-order valence-electron chi connectivity index (χ2n) is 4.98. The summed E-state index contributed by atoms with van der Waals surface area (Å²) >= 11 is 0. The summed E-state index contributed by atoms with van der Waals surface area (Å²) in [4.78, 5) is 11.4. The van der Waals surface area contributed by atoms with Crippen LogP contribution in [0.5, 0.6) is 0 Å². The van der Waals surface area contributed by atoms with Crippen LogP contribution in [-0.2, 0) is 14.3 Å². The Morgan fingerprint density at radius 2 is 1.80 bits per heavy atom. The Hall–Kier alpha value is -0.570. The van der Waals surface area contributed by atoms with Crippen LogP contribution in [0.15, 0.2) is 0 Å². The second-order valence-corrected chi connectivity index (χ2v) is 4.98. The van der Waals surface area contributed by atoms with Crippen molar-refractivity contribution in [3.63, 3.8) is 0 Å². The molecule has 0 N–H and O–H groups in total. The molecule has 3 heteroatoms. The molecule has 0 spiro atoms. The van der Waals surface area contributed by atoms with E-state index in [1.54, 1.807) is 0 Å². The van der Waals surface area contributed by atoms with Gasteiger partial charge in [-0.1, -0.05) is 13.8 Å². The van der Waals surface area contributed by atoms with Crippen molar-refractivity contribution in [3.05, 3.63) is 0 Å². The van der Waals surface area contributed by atoms with Gasteiger partial charge in [-0.25, -0.2) is 0 Å². The zero-order valence-electron chi connectivity index (χ0n) is 10.8. The molecule has 0 amide bonds. The molecule has 0 saturated heterocycles. The van der Waals surface area contributed by atoms with Crippen LogP contribution < -0.4 is 0 Å². The molecule has 0 rings (SSSR count). The predicted molar refractivity (Wildman–Crippen MR) is 60.7 cm³/mol. The van der Waals surface area contributed by atoms with Gasteiger partial charge in [0.05, 0.1) is 17.6 Å². The van der Waals surface area contributed by atoms with Crippen molar-refractivity contribution in [1.82, 2.24) is 0 Å². The first-order valence-electron chi connectivity index (χ1n) is 5.60. The first-order valence-corrected chi connectivity index (χ1v) is 5.60.